The molecule has 0 bridgehead atoms. The number of hydrogen-bond acceptors (Lipinski definition) is 6. The van der Waals surface area contributed by atoms with Crippen LogP contribution in [0, 0.1) is 11.8 Å². The molecule has 3 atom stereocenters. The van der Waals surface area contributed by atoms with E-state index in [-0.39, 0.29) is 18.5 Å². The molecular weight excluding hydrogens is 498 g/mol. The molecule has 0 saturated heterocycles. The Morgan fingerprint density at radius 1 is 1.05 bits per heavy atom. The van der Waals surface area contributed by atoms with Crippen molar-refractivity contribution < 1.29 is 28.7 Å². The number of esters is 1. The normalized spacial score (nSPS) is 13.7. The molecule has 0 aliphatic heterocycles. The molecule has 0 saturated carbocycles. The second-order valence-electron chi connectivity index (χ2n) is 11.5. The second-order valence-corrected chi connectivity index (χ2v) is 11.5. The fraction of sp³-hybridized carbons (Fsp3) is 0.600. The summed E-state index contributed by atoms with van der Waals surface area (Å²) in [7, 11) is 1.24. The number of methoxy groups -OCH3 is 1. The maximum absolute atomic E-state index is 14.3. The highest BCUT2D eigenvalue weighted by molar-refractivity contribution is 5.93. The number of hydrogen-bond donors (Lipinski definition) is 2. The van der Waals surface area contributed by atoms with E-state index in [1.807, 2.05) is 26.8 Å². The molecule has 39 heavy (non-hydrogen) atoms. The van der Waals surface area contributed by atoms with Crippen LogP contribution in [0.4, 0.5) is 4.79 Å². The number of nitrogens with zero attached hydrogens (tertiary/aromatic N) is 1. The number of carbonyl (C=O) groups is 4. The fourth-order valence-corrected chi connectivity index (χ4v) is 4.04. The van der Waals surface area contributed by atoms with Gasteiger partial charge in [0, 0.05) is 6.04 Å². The van der Waals surface area contributed by atoms with Crippen molar-refractivity contribution in [1.29, 1.82) is 0 Å². The molecule has 0 aromatic heterocycles. The standard InChI is InChI=1S/C30H47N3O6/c1-11-22-13-12-14-23(17-22)26(27(35)31-18-24(34)38-10)33(21(6)16-15-19(2)3)28(36)25(20(4)5)32-29(37)39-30(7,8)9/h11-14,17,19-21,25-26H,1,15-16,18H2,2-10H3,(H,31,35)(H,32,37). The Morgan fingerprint density at radius 3 is 2.21 bits per heavy atom. The smallest absolute Gasteiger partial charge is 0.408 e. The number of alkyl carbamates (subject to hydrolysis) is 1. The van der Waals surface area contributed by atoms with Crippen LogP contribution in [0.1, 0.15) is 85.4 Å². The second kappa shape index (κ2) is 15.3. The Morgan fingerprint density at radius 2 is 1.69 bits per heavy atom. The maximum atomic E-state index is 14.3. The average Bonchev–Trinajstić information content (AvgIpc) is 2.85. The molecule has 9 nitrogen and oxygen atoms in total. The number of nitrogens with one attached hydrogen (secondary N) is 2. The first-order valence-corrected chi connectivity index (χ1v) is 13.5. The molecule has 0 spiro atoms. The van der Waals surface area contributed by atoms with Crippen LogP contribution >= 0.6 is 0 Å². The summed E-state index contributed by atoms with van der Waals surface area (Å²) in [5.41, 5.74) is 0.576. The van der Waals surface area contributed by atoms with Crippen molar-refractivity contribution in [3.05, 3.63) is 42.0 Å². The summed E-state index contributed by atoms with van der Waals surface area (Å²) in [6.07, 6.45) is 2.38. The quantitative estimate of drug-likeness (QED) is 0.342. The van der Waals surface area contributed by atoms with Gasteiger partial charge in [-0.3, -0.25) is 14.4 Å². The molecular formula is C30H47N3O6. The predicted molar refractivity (Wildman–Crippen MR) is 153 cm³/mol. The van der Waals surface area contributed by atoms with E-state index >= 15 is 0 Å². The van der Waals surface area contributed by atoms with Crippen LogP contribution in [0.25, 0.3) is 6.08 Å². The third-order valence-corrected chi connectivity index (χ3v) is 6.12. The zero-order valence-electron chi connectivity index (χ0n) is 25.0. The lowest BCUT2D eigenvalue weighted by Crippen LogP contribution is -2.57. The predicted octanol–water partition coefficient (Wildman–Crippen LogP) is 4.86. The highest BCUT2D eigenvalue weighted by Gasteiger charge is 2.40. The van der Waals surface area contributed by atoms with E-state index in [2.05, 4.69) is 35.8 Å². The van der Waals surface area contributed by atoms with E-state index < -0.39 is 41.6 Å². The molecule has 218 valence electrons. The number of benzene rings is 1. The summed E-state index contributed by atoms with van der Waals surface area (Å²) in [6.45, 7) is 18.4. The van der Waals surface area contributed by atoms with Crippen molar-refractivity contribution in [2.75, 3.05) is 13.7 Å². The molecule has 0 aliphatic rings. The fourth-order valence-electron chi connectivity index (χ4n) is 4.04. The highest BCUT2D eigenvalue weighted by atomic mass is 16.6. The van der Waals surface area contributed by atoms with Gasteiger partial charge in [-0.1, -0.05) is 58.5 Å². The van der Waals surface area contributed by atoms with E-state index in [0.717, 1.165) is 12.0 Å². The minimum Gasteiger partial charge on any atom is -0.468 e. The van der Waals surface area contributed by atoms with E-state index in [0.29, 0.717) is 17.9 Å². The van der Waals surface area contributed by atoms with Gasteiger partial charge < -0.3 is 25.0 Å². The Bertz CT molecular complexity index is 999. The molecule has 2 N–H and O–H groups in total. The Labute approximate surface area is 233 Å². The SMILES string of the molecule is C=Cc1cccc(C(C(=O)NCC(=O)OC)N(C(=O)C(NC(=O)OC(C)(C)C)C(C)C)C(C)CCC(C)C)c1. The van der Waals surface area contributed by atoms with Crippen LogP contribution in [0.5, 0.6) is 0 Å². The van der Waals surface area contributed by atoms with Crippen LogP contribution < -0.4 is 10.6 Å². The van der Waals surface area contributed by atoms with Crippen LogP contribution in [0.3, 0.4) is 0 Å². The van der Waals surface area contributed by atoms with E-state index in [1.54, 1.807) is 45.0 Å². The van der Waals surface area contributed by atoms with Gasteiger partial charge in [-0.2, -0.15) is 0 Å². The minimum atomic E-state index is -1.08. The third kappa shape index (κ3) is 11.1. The molecule has 1 aromatic rings. The van der Waals surface area contributed by atoms with E-state index in [1.165, 1.54) is 12.0 Å². The van der Waals surface area contributed by atoms with E-state index in [9.17, 15) is 19.2 Å². The van der Waals surface area contributed by atoms with E-state index in [4.69, 9.17) is 4.74 Å². The van der Waals surface area contributed by atoms with Gasteiger partial charge in [-0.25, -0.2) is 4.79 Å². The van der Waals surface area contributed by atoms with Crippen molar-refractivity contribution >= 4 is 30.0 Å². The molecule has 1 rings (SSSR count). The minimum absolute atomic E-state index is 0.303. The topological polar surface area (TPSA) is 114 Å². The van der Waals surface area contributed by atoms with Gasteiger partial charge in [0.05, 0.1) is 7.11 Å². The lowest BCUT2D eigenvalue weighted by atomic mass is 9.94. The van der Waals surface area contributed by atoms with Crippen molar-refractivity contribution in [3.8, 4) is 0 Å². The first kappa shape index (κ1) is 33.7. The first-order chi connectivity index (χ1) is 18.1. The highest BCUT2D eigenvalue weighted by Crippen LogP contribution is 2.29. The molecule has 0 aliphatic carbocycles. The van der Waals surface area contributed by atoms with Crippen molar-refractivity contribution in [1.82, 2.24) is 15.5 Å². The van der Waals surface area contributed by atoms with Crippen LogP contribution in [-0.2, 0) is 23.9 Å². The number of amides is 3. The summed E-state index contributed by atoms with van der Waals surface area (Å²) < 4.78 is 10.1. The molecule has 3 unspecified atom stereocenters. The van der Waals surface area contributed by atoms with Crippen LogP contribution in [0.2, 0.25) is 0 Å². The van der Waals surface area contributed by atoms with Crippen molar-refractivity contribution in [2.24, 2.45) is 11.8 Å². The lowest BCUT2D eigenvalue weighted by Gasteiger charge is -2.39. The average molecular weight is 546 g/mol. The summed E-state index contributed by atoms with van der Waals surface area (Å²) in [4.78, 5) is 54.1. The van der Waals surface area contributed by atoms with Gasteiger partial charge in [0.1, 0.15) is 24.2 Å². The molecule has 1 aromatic carbocycles. The van der Waals surface area contributed by atoms with Gasteiger partial charge >= 0.3 is 12.1 Å². The first-order valence-electron chi connectivity index (χ1n) is 13.5. The Kier molecular flexibility index (Phi) is 13.2. The summed E-state index contributed by atoms with van der Waals surface area (Å²) in [5.74, 6) is -1.50. The summed E-state index contributed by atoms with van der Waals surface area (Å²) >= 11 is 0. The number of carbonyl (C=O) groups excluding carboxylic acids is 4. The van der Waals surface area contributed by atoms with Crippen molar-refractivity contribution in [3.63, 3.8) is 0 Å². The van der Waals surface area contributed by atoms with Gasteiger partial charge in [0.2, 0.25) is 11.8 Å². The zero-order chi connectivity index (χ0) is 29.9. The molecule has 3 amide bonds. The van der Waals surface area contributed by atoms with Crippen LogP contribution in [0.15, 0.2) is 30.8 Å². The van der Waals surface area contributed by atoms with Gasteiger partial charge in [-0.05, 0) is 69.6 Å². The Hall–Kier alpha value is -3.36. The summed E-state index contributed by atoms with van der Waals surface area (Å²) in [6, 6.07) is 4.77. The molecule has 9 heteroatoms. The maximum Gasteiger partial charge on any atom is 0.408 e. The molecule has 0 heterocycles. The molecule has 0 fully saturated rings. The van der Waals surface area contributed by atoms with Crippen molar-refractivity contribution in [2.45, 2.75) is 92.0 Å². The van der Waals surface area contributed by atoms with Crippen LogP contribution in [-0.4, -0.2) is 60.1 Å². The zero-order valence-corrected chi connectivity index (χ0v) is 25.0. The van der Waals surface area contributed by atoms with Gasteiger partial charge in [0.15, 0.2) is 0 Å². The largest absolute Gasteiger partial charge is 0.468 e. The summed E-state index contributed by atoms with van der Waals surface area (Å²) in [5, 5.41) is 5.35. The van der Waals surface area contributed by atoms with Gasteiger partial charge in [0.25, 0.3) is 0 Å². The third-order valence-electron chi connectivity index (χ3n) is 6.12. The lowest BCUT2D eigenvalue weighted by molar-refractivity contribution is -0.147. The number of ether oxygens (including phenoxy) is 2. The Balaban J connectivity index is 3.65. The number of rotatable bonds is 13. The monoisotopic (exact) mass is 545 g/mol. The van der Waals surface area contributed by atoms with Gasteiger partial charge in [-0.15, -0.1) is 0 Å². The molecule has 0 radical (unpaired) electrons.